The number of nitrogens with zero attached hydrogens (tertiary/aromatic N) is 1. The van der Waals surface area contributed by atoms with E-state index in [1.807, 2.05) is 4.90 Å². The van der Waals surface area contributed by atoms with Crippen molar-refractivity contribution in [1.82, 2.24) is 4.90 Å². The second-order valence-electron chi connectivity index (χ2n) is 5.42. The number of ether oxygens (including phenoxy) is 1. The summed E-state index contributed by atoms with van der Waals surface area (Å²) in [4.78, 5) is 14.1. The summed E-state index contributed by atoms with van der Waals surface area (Å²) in [6, 6.07) is 0. The van der Waals surface area contributed by atoms with E-state index in [0.29, 0.717) is 18.9 Å². The molecule has 1 aliphatic rings. The van der Waals surface area contributed by atoms with Crippen molar-refractivity contribution in [2.75, 3.05) is 20.2 Å². The van der Waals surface area contributed by atoms with Gasteiger partial charge in [0.05, 0.1) is 12.5 Å². The summed E-state index contributed by atoms with van der Waals surface area (Å²) in [7, 11) is 1.60. The van der Waals surface area contributed by atoms with Gasteiger partial charge in [-0.3, -0.25) is 4.79 Å². The number of rotatable bonds is 4. The number of hydrogen-bond donors (Lipinski definition) is 1. The third-order valence-corrected chi connectivity index (χ3v) is 3.37. The smallest absolute Gasteiger partial charge is 0.225 e. The van der Waals surface area contributed by atoms with Gasteiger partial charge >= 0.3 is 0 Å². The van der Waals surface area contributed by atoms with Gasteiger partial charge in [0, 0.05) is 25.7 Å². The number of carbonyl (C=O) groups is 1. The summed E-state index contributed by atoms with van der Waals surface area (Å²) < 4.78 is 5.15. The fraction of sp³-hybridized carbons (Fsp3) is 0.917. The zero-order chi connectivity index (χ0) is 12.3. The van der Waals surface area contributed by atoms with Crippen LogP contribution in [0.4, 0.5) is 0 Å². The lowest BCUT2D eigenvalue weighted by Crippen LogP contribution is -2.44. The fourth-order valence-electron chi connectivity index (χ4n) is 2.59. The topological polar surface area (TPSA) is 55.6 Å². The van der Waals surface area contributed by atoms with E-state index in [2.05, 4.69) is 20.8 Å². The van der Waals surface area contributed by atoms with Crippen molar-refractivity contribution < 1.29 is 9.53 Å². The number of nitrogens with two attached hydrogens (primary N) is 1. The highest BCUT2D eigenvalue weighted by Crippen LogP contribution is 2.32. The first-order chi connectivity index (χ1) is 7.40. The molecule has 0 aromatic rings. The Balaban J connectivity index is 0.00000256. The van der Waals surface area contributed by atoms with Crippen molar-refractivity contribution in [1.29, 1.82) is 0 Å². The Morgan fingerprint density at radius 1 is 1.59 bits per heavy atom. The van der Waals surface area contributed by atoms with Crippen LogP contribution in [-0.2, 0) is 9.53 Å². The maximum atomic E-state index is 12.1. The van der Waals surface area contributed by atoms with E-state index in [1.165, 1.54) is 0 Å². The Bertz CT molecular complexity index is 255. The second kappa shape index (κ2) is 6.57. The molecule has 2 unspecified atom stereocenters. The quantitative estimate of drug-likeness (QED) is 0.836. The normalized spacial score (nSPS) is 24.3. The molecule has 2 N–H and O–H groups in total. The maximum Gasteiger partial charge on any atom is 0.225 e. The van der Waals surface area contributed by atoms with Crippen LogP contribution in [0.5, 0.6) is 0 Å². The van der Waals surface area contributed by atoms with Gasteiger partial charge in [0.2, 0.25) is 5.91 Å². The highest BCUT2D eigenvalue weighted by atomic mass is 35.5. The minimum absolute atomic E-state index is 0. The minimum Gasteiger partial charge on any atom is -0.380 e. The molecule has 0 aliphatic carbocycles. The van der Waals surface area contributed by atoms with Crippen molar-refractivity contribution >= 4 is 18.3 Å². The average Bonchev–Trinajstić information content (AvgIpc) is 2.48. The van der Waals surface area contributed by atoms with Crippen LogP contribution in [0.15, 0.2) is 0 Å². The summed E-state index contributed by atoms with van der Waals surface area (Å²) in [5.41, 5.74) is 5.51. The predicted molar refractivity (Wildman–Crippen MR) is 71.3 cm³/mol. The molecule has 1 fully saturated rings. The Morgan fingerprint density at radius 3 is 2.53 bits per heavy atom. The summed E-state index contributed by atoms with van der Waals surface area (Å²) in [6.07, 6.45) is 1.31. The molecule has 0 saturated carbocycles. The molecule has 1 rings (SSSR count). The monoisotopic (exact) mass is 264 g/mol. The van der Waals surface area contributed by atoms with Crippen LogP contribution >= 0.6 is 12.4 Å². The Morgan fingerprint density at radius 2 is 2.18 bits per heavy atom. The van der Waals surface area contributed by atoms with Crippen LogP contribution in [0, 0.1) is 5.92 Å². The number of hydrogen-bond acceptors (Lipinski definition) is 3. The Kier molecular flexibility index (Phi) is 6.45. The molecule has 0 spiro atoms. The molecule has 17 heavy (non-hydrogen) atoms. The molecular formula is C12H25ClN2O2. The molecule has 1 heterocycles. The van der Waals surface area contributed by atoms with Gasteiger partial charge in [-0.1, -0.05) is 6.92 Å². The van der Waals surface area contributed by atoms with Gasteiger partial charge in [0.1, 0.15) is 0 Å². The van der Waals surface area contributed by atoms with Crippen molar-refractivity contribution in [3.05, 3.63) is 0 Å². The van der Waals surface area contributed by atoms with E-state index in [9.17, 15) is 4.79 Å². The first-order valence-corrected chi connectivity index (χ1v) is 5.94. The summed E-state index contributed by atoms with van der Waals surface area (Å²) in [5.74, 6) is 0.740. The van der Waals surface area contributed by atoms with E-state index in [-0.39, 0.29) is 30.0 Å². The number of halogens is 1. The Labute approximate surface area is 110 Å². The third kappa shape index (κ3) is 4.12. The van der Waals surface area contributed by atoms with Crippen molar-refractivity contribution in [3.63, 3.8) is 0 Å². The summed E-state index contributed by atoms with van der Waals surface area (Å²) >= 11 is 0. The number of methoxy groups -OCH3 is 1. The number of carbonyl (C=O) groups excluding carboxylic acids is 1. The standard InChI is InChI=1S/C12H24N2O2.ClH/c1-9-6-12(2,3)14(8-9)11(15)5-10(7-13)16-4;/h9-10H,5-8,13H2,1-4H3;1H. The molecule has 1 saturated heterocycles. The maximum absolute atomic E-state index is 12.1. The van der Waals surface area contributed by atoms with Gasteiger partial charge in [-0.05, 0) is 26.2 Å². The van der Waals surface area contributed by atoms with Gasteiger partial charge in [0.15, 0.2) is 0 Å². The molecule has 0 bridgehead atoms. The predicted octanol–water partition coefficient (Wildman–Crippen LogP) is 1.42. The molecule has 1 amide bonds. The van der Waals surface area contributed by atoms with Crippen LogP contribution in [0.25, 0.3) is 0 Å². The third-order valence-electron chi connectivity index (χ3n) is 3.37. The van der Waals surface area contributed by atoms with Crippen LogP contribution in [0.1, 0.15) is 33.6 Å². The van der Waals surface area contributed by atoms with Crippen molar-refractivity contribution in [2.45, 2.75) is 45.3 Å². The van der Waals surface area contributed by atoms with Crippen molar-refractivity contribution in [3.8, 4) is 0 Å². The zero-order valence-corrected chi connectivity index (χ0v) is 12.0. The lowest BCUT2D eigenvalue weighted by atomic mass is 9.97. The van der Waals surface area contributed by atoms with Gasteiger partial charge in [-0.2, -0.15) is 0 Å². The fourth-order valence-corrected chi connectivity index (χ4v) is 2.59. The highest BCUT2D eigenvalue weighted by molar-refractivity contribution is 5.85. The zero-order valence-electron chi connectivity index (χ0n) is 11.2. The van der Waals surface area contributed by atoms with E-state index < -0.39 is 0 Å². The first kappa shape index (κ1) is 16.7. The van der Waals surface area contributed by atoms with Gasteiger partial charge in [0.25, 0.3) is 0 Å². The van der Waals surface area contributed by atoms with E-state index in [0.717, 1.165) is 13.0 Å². The molecule has 102 valence electrons. The van der Waals surface area contributed by atoms with Crippen LogP contribution < -0.4 is 5.73 Å². The molecule has 0 aromatic heterocycles. The molecule has 5 heteroatoms. The number of likely N-dealkylation sites (tertiary alicyclic amines) is 1. The first-order valence-electron chi connectivity index (χ1n) is 5.94. The molecule has 4 nitrogen and oxygen atoms in total. The minimum atomic E-state index is -0.154. The summed E-state index contributed by atoms with van der Waals surface area (Å²) in [6.45, 7) is 7.68. The van der Waals surface area contributed by atoms with Gasteiger partial charge in [-0.25, -0.2) is 0 Å². The lowest BCUT2D eigenvalue weighted by Gasteiger charge is -2.32. The van der Waals surface area contributed by atoms with Crippen molar-refractivity contribution in [2.24, 2.45) is 11.7 Å². The molecule has 0 aromatic carbocycles. The van der Waals surface area contributed by atoms with E-state index >= 15 is 0 Å². The summed E-state index contributed by atoms with van der Waals surface area (Å²) in [5, 5.41) is 0. The molecule has 2 atom stereocenters. The van der Waals surface area contributed by atoms with Crippen LogP contribution in [0.3, 0.4) is 0 Å². The second-order valence-corrected chi connectivity index (χ2v) is 5.42. The van der Waals surface area contributed by atoms with Crippen LogP contribution in [0.2, 0.25) is 0 Å². The van der Waals surface area contributed by atoms with Crippen LogP contribution in [-0.4, -0.2) is 42.6 Å². The van der Waals surface area contributed by atoms with E-state index in [4.69, 9.17) is 10.5 Å². The highest BCUT2D eigenvalue weighted by Gasteiger charge is 2.39. The lowest BCUT2D eigenvalue weighted by molar-refractivity contribution is -0.136. The van der Waals surface area contributed by atoms with Gasteiger partial charge in [-0.15, -0.1) is 12.4 Å². The largest absolute Gasteiger partial charge is 0.380 e. The molecular weight excluding hydrogens is 240 g/mol. The Hall–Kier alpha value is -0.320. The van der Waals surface area contributed by atoms with E-state index in [1.54, 1.807) is 7.11 Å². The average molecular weight is 265 g/mol. The van der Waals surface area contributed by atoms with Gasteiger partial charge < -0.3 is 15.4 Å². The number of amides is 1. The molecule has 0 radical (unpaired) electrons. The SMILES string of the molecule is COC(CN)CC(=O)N1CC(C)CC1(C)C.Cl. The molecule has 1 aliphatic heterocycles.